The Morgan fingerprint density at radius 3 is 2.53 bits per heavy atom. The lowest BCUT2D eigenvalue weighted by molar-refractivity contribution is 0.0334. The molecular formula is C13H27NO. The molecule has 1 atom stereocenters. The molecule has 1 fully saturated rings. The van der Waals surface area contributed by atoms with E-state index in [2.05, 4.69) is 6.92 Å². The van der Waals surface area contributed by atoms with Gasteiger partial charge >= 0.3 is 0 Å². The average molecular weight is 213 g/mol. The molecule has 2 nitrogen and oxygen atoms in total. The van der Waals surface area contributed by atoms with Crippen LogP contribution < -0.4 is 5.73 Å². The maximum Gasteiger partial charge on any atom is 0.0646 e. The van der Waals surface area contributed by atoms with Crippen molar-refractivity contribution < 1.29 is 4.74 Å². The van der Waals surface area contributed by atoms with E-state index in [4.69, 9.17) is 10.5 Å². The quantitative estimate of drug-likeness (QED) is 0.659. The molecule has 0 saturated carbocycles. The topological polar surface area (TPSA) is 35.2 Å². The van der Waals surface area contributed by atoms with Gasteiger partial charge in [0.2, 0.25) is 0 Å². The zero-order chi connectivity index (χ0) is 11.0. The van der Waals surface area contributed by atoms with Crippen LogP contribution in [-0.2, 0) is 4.74 Å². The predicted octanol–water partition coefficient (Wildman–Crippen LogP) is 3.24. The number of hydrogen-bond donors (Lipinski definition) is 1. The van der Waals surface area contributed by atoms with Gasteiger partial charge in [0.05, 0.1) is 6.61 Å². The third kappa shape index (κ3) is 5.53. The summed E-state index contributed by atoms with van der Waals surface area (Å²) in [5.74, 6) is 0. The van der Waals surface area contributed by atoms with E-state index in [0.29, 0.717) is 0 Å². The van der Waals surface area contributed by atoms with Crippen LogP contribution in [0.2, 0.25) is 0 Å². The van der Waals surface area contributed by atoms with Crippen LogP contribution in [0, 0.1) is 0 Å². The number of hydrogen-bond acceptors (Lipinski definition) is 2. The zero-order valence-corrected chi connectivity index (χ0v) is 10.3. The average Bonchev–Trinajstić information content (AvgIpc) is 2.24. The van der Waals surface area contributed by atoms with Crippen molar-refractivity contribution in [2.75, 3.05) is 13.2 Å². The lowest BCUT2D eigenvalue weighted by Gasteiger charge is -2.33. The van der Waals surface area contributed by atoms with Gasteiger partial charge in [-0.15, -0.1) is 0 Å². The lowest BCUT2D eigenvalue weighted by Crippen LogP contribution is -2.47. The van der Waals surface area contributed by atoms with E-state index in [1.807, 2.05) is 0 Å². The van der Waals surface area contributed by atoms with Crippen LogP contribution in [0.3, 0.4) is 0 Å². The summed E-state index contributed by atoms with van der Waals surface area (Å²) >= 11 is 0. The third-order valence-corrected chi connectivity index (χ3v) is 3.38. The summed E-state index contributed by atoms with van der Waals surface area (Å²) in [4.78, 5) is 0. The van der Waals surface area contributed by atoms with Gasteiger partial charge in [0.15, 0.2) is 0 Å². The molecule has 0 bridgehead atoms. The molecule has 0 radical (unpaired) electrons. The molecule has 1 heterocycles. The van der Waals surface area contributed by atoms with Crippen molar-refractivity contribution in [2.24, 2.45) is 5.73 Å². The standard InChI is InChI=1S/C13H27NO/c1-2-3-4-5-6-7-9-13(14)10-8-11-15-12-13/h2-12,14H2,1H3. The molecule has 0 aromatic heterocycles. The molecular weight excluding hydrogens is 186 g/mol. The lowest BCUT2D eigenvalue weighted by atomic mass is 9.88. The molecule has 1 aliphatic rings. The Kier molecular flexibility index (Phi) is 6.26. The molecule has 0 aliphatic carbocycles. The minimum Gasteiger partial charge on any atom is -0.380 e. The maximum absolute atomic E-state index is 6.27. The first-order chi connectivity index (χ1) is 7.27. The van der Waals surface area contributed by atoms with Gasteiger partial charge in [0.1, 0.15) is 0 Å². The van der Waals surface area contributed by atoms with Crippen molar-refractivity contribution in [3.63, 3.8) is 0 Å². The summed E-state index contributed by atoms with van der Waals surface area (Å²) in [5, 5.41) is 0. The fraction of sp³-hybridized carbons (Fsp3) is 1.00. The van der Waals surface area contributed by atoms with Crippen molar-refractivity contribution in [3.05, 3.63) is 0 Å². The van der Waals surface area contributed by atoms with E-state index in [0.717, 1.165) is 32.5 Å². The van der Waals surface area contributed by atoms with E-state index >= 15 is 0 Å². The fourth-order valence-corrected chi connectivity index (χ4v) is 2.33. The number of ether oxygens (including phenoxy) is 1. The highest BCUT2D eigenvalue weighted by atomic mass is 16.5. The van der Waals surface area contributed by atoms with E-state index in [-0.39, 0.29) is 5.54 Å². The van der Waals surface area contributed by atoms with Crippen LogP contribution in [-0.4, -0.2) is 18.8 Å². The second-order valence-corrected chi connectivity index (χ2v) is 5.04. The van der Waals surface area contributed by atoms with Gasteiger partial charge in [0.25, 0.3) is 0 Å². The van der Waals surface area contributed by atoms with E-state index in [9.17, 15) is 0 Å². The van der Waals surface area contributed by atoms with Crippen LogP contribution in [0.15, 0.2) is 0 Å². The monoisotopic (exact) mass is 213 g/mol. The number of rotatable bonds is 7. The molecule has 1 saturated heterocycles. The highest BCUT2D eigenvalue weighted by Gasteiger charge is 2.27. The van der Waals surface area contributed by atoms with Gasteiger partial charge < -0.3 is 10.5 Å². The Morgan fingerprint density at radius 1 is 1.13 bits per heavy atom. The van der Waals surface area contributed by atoms with E-state index in [1.165, 1.54) is 38.5 Å². The molecule has 2 heteroatoms. The summed E-state index contributed by atoms with van der Waals surface area (Å²) in [6, 6.07) is 0. The van der Waals surface area contributed by atoms with E-state index in [1.54, 1.807) is 0 Å². The van der Waals surface area contributed by atoms with Gasteiger partial charge in [-0.1, -0.05) is 45.4 Å². The van der Waals surface area contributed by atoms with Crippen LogP contribution in [0.4, 0.5) is 0 Å². The van der Waals surface area contributed by atoms with Gasteiger partial charge in [-0.3, -0.25) is 0 Å². The summed E-state index contributed by atoms with van der Waals surface area (Å²) in [6.45, 7) is 3.95. The minimum atomic E-state index is 0.00298. The normalized spacial score (nSPS) is 26.8. The van der Waals surface area contributed by atoms with Gasteiger partial charge in [-0.25, -0.2) is 0 Å². The molecule has 1 aliphatic heterocycles. The third-order valence-electron chi connectivity index (χ3n) is 3.38. The summed E-state index contributed by atoms with van der Waals surface area (Å²) in [7, 11) is 0. The SMILES string of the molecule is CCCCCCCCC1(N)CCCOC1. The van der Waals surface area contributed by atoms with Gasteiger partial charge in [-0.05, 0) is 19.3 Å². The second kappa shape index (κ2) is 7.24. The Balaban J connectivity index is 1.98. The predicted molar refractivity (Wildman–Crippen MR) is 65.0 cm³/mol. The Hall–Kier alpha value is -0.0800. The Morgan fingerprint density at radius 2 is 1.87 bits per heavy atom. The summed E-state index contributed by atoms with van der Waals surface area (Å²) in [6.07, 6.45) is 11.6. The molecule has 2 N–H and O–H groups in total. The smallest absolute Gasteiger partial charge is 0.0646 e. The summed E-state index contributed by atoms with van der Waals surface area (Å²) in [5.41, 5.74) is 6.28. The zero-order valence-electron chi connectivity index (χ0n) is 10.3. The first-order valence-electron chi connectivity index (χ1n) is 6.63. The molecule has 90 valence electrons. The van der Waals surface area contributed by atoms with Gasteiger partial charge in [0, 0.05) is 12.1 Å². The first-order valence-corrected chi connectivity index (χ1v) is 6.63. The Labute approximate surface area is 94.6 Å². The highest BCUT2D eigenvalue weighted by molar-refractivity contribution is 4.86. The van der Waals surface area contributed by atoms with Crippen molar-refractivity contribution in [2.45, 2.75) is 70.3 Å². The highest BCUT2D eigenvalue weighted by Crippen LogP contribution is 2.22. The summed E-state index contributed by atoms with van der Waals surface area (Å²) < 4.78 is 5.46. The largest absolute Gasteiger partial charge is 0.380 e. The molecule has 0 spiro atoms. The Bertz CT molecular complexity index is 153. The number of nitrogens with two attached hydrogens (primary N) is 1. The van der Waals surface area contributed by atoms with Crippen LogP contribution in [0.5, 0.6) is 0 Å². The first kappa shape index (κ1) is 13.0. The van der Waals surface area contributed by atoms with Crippen molar-refractivity contribution in [1.29, 1.82) is 0 Å². The van der Waals surface area contributed by atoms with Crippen molar-refractivity contribution in [3.8, 4) is 0 Å². The molecule has 1 unspecified atom stereocenters. The molecule has 0 amide bonds. The number of unbranched alkanes of at least 4 members (excludes halogenated alkanes) is 5. The second-order valence-electron chi connectivity index (χ2n) is 5.04. The van der Waals surface area contributed by atoms with Gasteiger partial charge in [-0.2, -0.15) is 0 Å². The molecule has 0 aromatic carbocycles. The minimum absolute atomic E-state index is 0.00298. The van der Waals surface area contributed by atoms with Crippen LogP contribution in [0.25, 0.3) is 0 Å². The van der Waals surface area contributed by atoms with Crippen LogP contribution in [0.1, 0.15) is 64.7 Å². The van der Waals surface area contributed by atoms with Crippen molar-refractivity contribution >= 4 is 0 Å². The fourth-order valence-electron chi connectivity index (χ4n) is 2.33. The van der Waals surface area contributed by atoms with E-state index < -0.39 is 0 Å². The molecule has 1 rings (SSSR count). The maximum atomic E-state index is 6.27. The van der Waals surface area contributed by atoms with Crippen LogP contribution >= 0.6 is 0 Å². The van der Waals surface area contributed by atoms with Crippen molar-refractivity contribution in [1.82, 2.24) is 0 Å². The molecule has 0 aromatic rings. The molecule has 15 heavy (non-hydrogen) atoms.